The Morgan fingerprint density at radius 2 is 1.81 bits per heavy atom. The Balaban J connectivity index is 2.19. The first-order valence-electron chi connectivity index (χ1n) is 7.82. The Morgan fingerprint density at radius 3 is 2.48 bits per heavy atom. The highest BCUT2D eigenvalue weighted by Crippen LogP contribution is 2.27. The molecule has 0 aromatic heterocycles. The van der Waals surface area contributed by atoms with Crippen molar-refractivity contribution in [2.24, 2.45) is 0 Å². The topological polar surface area (TPSA) is 124 Å². The van der Waals surface area contributed by atoms with Gasteiger partial charge in [0.25, 0.3) is 0 Å². The summed E-state index contributed by atoms with van der Waals surface area (Å²) in [5.74, 6) is -2.21. The Labute approximate surface area is 159 Å². The molecule has 0 fully saturated rings. The van der Waals surface area contributed by atoms with E-state index in [4.69, 9.17) is 10.3 Å². The third kappa shape index (κ3) is 5.70. The number of carbonyl (C=O) groups excluding carboxylic acids is 1. The number of amides is 1. The average Bonchev–Trinajstić information content (AvgIpc) is 2.67. The molecule has 0 unspecified atom stereocenters. The molecule has 0 spiro atoms. The molecule has 0 saturated carbocycles. The summed E-state index contributed by atoms with van der Waals surface area (Å²) in [6.45, 7) is 0. The van der Waals surface area contributed by atoms with Gasteiger partial charge < -0.3 is 10.2 Å². The lowest BCUT2D eigenvalue weighted by molar-refractivity contribution is -0.128. The van der Waals surface area contributed by atoms with E-state index in [1.807, 2.05) is 0 Å². The smallest absolute Gasteiger partial charge is 0.336 e. The fraction of sp³-hybridized carbons (Fsp3) is 0.105. The highest BCUT2D eigenvalue weighted by molar-refractivity contribution is 8.01. The predicted molar refractivity (Wildman–Crippen MR) is 101 cm³/mol. The summed E-state index contributed by atoms with van der Waals surface area (Å²) in [5.41, 5.74) is 3.42. The summed E-state index contributed by atoms with van der Waals surface area (Å²) >= 11 is 1.37. The van der Waals surface area contributed by atoms with E-state index in [0.29, 0.717) is 16.9 Å². The molecule has 7 nitrogen and oxygen atoms in total. The molecule has 2 aromatic rings. The molecule has 0 radical (unpaired) electrons. The first-order valence-corrected chi connectivity index (χ1v) is 8.86. The SMILES string of the molecule is O=C(C/C=C/SCc1ccc(-c2cccc(C(=O)O)c2)c(C(=O)O)c1)NO. The van der Waals surface area contributed by atoms with E-state index in [1.54, 1.807) is 41.8 Å². The molecule has 0 saturated heterocycles. The zero-order chi connectivity index (χ0) is 19.8. The number of rotatable bonds is 8. The first kappa shape index (κ1) is 20.2. The normalized spacial score (nSPS) is 10.7. The van der Waals surface area contributed by atoms with Crippen molar-refractivity contribution < 1.29 is 29.8 Å². The Hall–Kier alpha value is -3.10. The van der Waals surface area contributed by atoms with Crippen LogP contribution in [0.3, 0.4) is 0 Å². The molecular formula is C19H17NO6S. The van der Waals surface area contributed by atoms with Crippen LogP contribution in [0.2, 0.25) is 0 Å². The van der Waals surface area contributed by atoms with Gasteiger partial charge in [-0.05, 0) is 40.3 Å². The minimum absolute atomic E-state index is 0.0444. The van der Waals surface area contributed by atoms with Crippen molar-refractivity contribution in [3.63, 3.8) is 0 Å². The van der Waals surface area contributed by atoms with E-state index in [1.165, 1.54) is 29.4 Å². The largest absolute Gasteiger partial charge is 0.478 e. The highest BCUT2D eigenvalue weighted by Gasteiger charge is 2.14. The molecule has 1 amide bonds. The minimum atomic E-state index is -1.10. The van der Waals surface area contributed by atoms with Crippen LogP contribution in [0.1, 0.15) is 32.7 Å². The van der Waals surface area contributed by atoms with Gasteiger partial charge >= 0.3 is 11.9 Å². The van der Waals surface area contributed by atoms with Gasteiger partial charge in [-0.2, -0.15) is 0 Å². The fourth-order valence-corrected chi connectivity index (χ4v) is 3.04. The third-order valence-electron chi connectivity index (χ3n) is 3.61. The number of nitrogens with one attached hydrogen (secondary N) is 1. The fourth-order valence-electron chi connectivity index (χ4n) is 2.34. The van der Waals surface area contributed by atoms with Crippen molar-refractivity contribution in [1.82, 2.24) is 5.48 Å². The highest BCUT2D eigenvalue weighted by atomic mass is 32.2. The third-order valence-corrected chi connectivity index (χ3v) is 4.49. The van der Waals surface area contributed by atoms with Crippen LogP contribution in [0.25, 0.3) is 11.1 Å². The van der Waals surface area contributed by atoms with Gasteiger partial charge in [0.15, 0.2) is 0 Å². The van der Waals surface area contributed by atoms with Crippen molar-refractivity contribution in [3.05, 3.63) is 70.6 Å². The van der Waals surface area contributed by atoms with Crippen molar-refractivity contribution in [3.8, 4) is 11.1 Å². The minimum Gasteiger partial charge on any atom is -0.478 e. The Kier molecular flexibility index (Phi) is 7.16. The van der Waals surface area contributed by atoms with Gasteiger partial charge in [0.2, 0.25) is 5.91 Å². The summed E-state index contributed by atoms with van der Waals surface area (Å²) < 4.78 is 0. The monoisotopic (exact) mass is 387 g/mol. The summed E-state index contributed by atoms with van der Waals surface area (Å²) in [6, 6.07) is 11.1. The molecule has 0 heterocycles. The standard InChI is InChI=1S/C19H17NO6S/c21-17(20-26)5-2-8-27-11-12-6-7-15(16(9-12)19(24)25)13-3-1-4-14(10-13)18(22)23/h1-4,6-10,26H,5,11H2,(H,20,21)(H,22,23)(H,24,25)/b8-2+. The number of hydrogen-bond acceptors (Lipinski definition) is 5. The van der Waals surface area contributed by atoms with E-state index in [-0.39, 0.29) is 17.5 Å². The number of carboxylic acid groups (broad SMARTS) is 2. The maximum absolute atomic E-state index is 11.6. The number of carbonyl (C=O) groups is 3. The molecule has 0 atom stereocenters. The number of thioether (sulfide) groups is 1. The number of carboxylic acids is 2. The lowest BCUT2D eigenvalue weighted by atomic mass is 9.96. The number of benzene rings is 2. The quantitative estimate of drug-likeness (QED) is 0.404. The molecule has 27 heavy (non-hydrogen) atoms. The molecule has 0 aliphatic carbocycles. The number of aromatic carboxylic acids is 2. The van der Waals surface area contributed by atoms with Crippen LogP contribution in [0, 0.1) is 0 Å². The van der Waals surface area contributed by atoms with Crippen molar-refractivity contribution >= 4 is 29.6 Å². The summed E-state index contributed by atoms with van der Waals surface area (Å²) in [5, 5.41) is 28.7. The zero-order valence-electron chi connectivity index (χ0n) is 14.1. The van der Waals surface area contributed by atoms with E-state index in [0.717, 1.165) is 5.56 Å². The number of hydroxylamine groups is 1. The van der Waals surface area contributed by atoms with Gasteiger partial charge in [-0.1, -0.05) is 30.3 Å². The zero-order valence-corrected chi connectivity index (χ0v) is 14.9. The first-order chi connectivity index (χ1) is 12.9. The van der Waals surface area contributed by atoms with Gasteiger partial charge in [-0.25, -0.2) is 15.1 Å². The second-order valence-electron chi connectivity index (χ2n) is 5.49. The van der Waals surface area contributed by atoms with Crippen LogP contribution < -0.4 is 5.48 Å². The molecule has 0 bridgehead atoms. The van der Waals surface area contributed by atoms with Crippen LogP contribution in [-0.4, -0.2) is 33.3 Å². The van der Waals surface area contributed by atoms with Crippen LogP contribution in [0.15, 0.2) is 53.9 Å². The van der Waals surface area contributed by atoms with Gasteiger partial charge in [-0.15, -0.1) is 11.8 Å². The molecule has 2 rings (SSSR count). The van der Waals surface area contributed by atoms with Crippen LogP contribution in [0.4, 0.5) is 0 Å². The molecule has 0 aliphatic heterocycles. The molecule has 2 aromatic carbocycles. The van der Waals surface area contributed by atoms with Gasteiger partial charge in [-0.3, -0.25) is 10.0 Å². The van der Waals surface area contributed by atoms with Gasteiger partial charge in [0.05, 0.1) is 11.1 Å². The van der Waals surface area contributed by atoms with Crippen molar-refractivity contribution in [2.75, 3.05) is 0 Å². The average molecular weight is 387 g/mol. The van der Waals surface area contributed by atoms with Crippen LogP contribution in [-0.2, 0) is 10.5 Å². The molecular weight excluding hydrogens is 370 g/mol. The lowest BCUT2D eigenvalue weighted by Gasteiger charge is -2.09. The maximum Gasteiger partial charge on any atom is 0.336 e. The van der Waals surface area contributed by atoms with Crippen LogP contribution in [0.5, 0.6) is 0 Å². The summed E-state index contributed by atoms with van der Waals surface area (Å²) in [4.78, 5) is 33.7. The second-order valence-corrected chi connectivity index (χ2v) is 6.39. The van der Waals surface area contributed by atoms with Crippen LogP contribution >= 0.6 is 11.8 Å². The van der Waals surface area contributed by atoms with Crippen molar-refractivity contribution in [2.45, 2.75) is 12.2 Å². The molecule has 4 N–H and O–H groups in total. The van der Waals surface area contributed by atoms with E-state index < -0.39 is 17.8 Å². The second kappa shape index (κ2) is 9.56. The molecule has 140 valence electrons. The van der Waals surface area contributed by atoms with E-state index >= 15 is 0 Å². The van der Waals surface area contributed by atoms with E-state index in [2.05, 4.69) is 0 Å². The summed E-state index contributed by atoms with van der Waals surface area (Å²) in [7, 11) is 0. The Morgan fingerprint density at radius 1 is 1.04 bits per heavy atom. The molecule has 8 heteroatoms. The predicted octanol–water partition coefficient (Wildman–Crippen LogP) is 3.39. The summed E-state index contributed by atoms with van der Waals surface area (Å²) in [6.07, 6.45) is 1.63. The maximum atomic E-state index is 11.6. The van der Waals surface area contributed by atoms with Gasteiger partial charge in [0, 0.05) is 12.2 Å². The van der Waals surface area contributed by atoms with Crippen molar-refractivity contribution in [1.29, 1.82) is 0 Å². The Bertz CT molecular complexity index is 894. The number of hydrogen-bond donors (Lipinski definition) is 4. The lowest BCUT2D eigenvalue weighted by Crippen LogP contribution is -2.16. The molecule has 0 aliphatic rings. The van der Waals surface area contributed by atoms with Gasteiger partial charge in [0.1, 0.15) is 0 Å². The van der Waals surface area contributed by atoms with E-state index in [9.17, 15) is 19.5 Å².